The molecule has 1 spiro atoms. The summed E-state index contributed by atoms with van der Waals surface area (Å²) in [5.41, 5.74) is 9.81. The van der Waals surface area contributed by atoms with Crippen LogP contribution < -0.4 is 4.74 Å². The fourth-order valence-corrected chi connectivity index (χ4v) is 6.14. The van der Waals surface area contributed by atoms with Gasteiger partial charge in [0.1, 0.15) is 18.2 Å². The fourth-order valence-electron chi connectivity index (χ4n) is 6.14. The van der Waals surface area contributed by atoms with E-state index in [1.807, 2.05) is 19.1 Å². The van der Waals surface area contributed by atoms with Gasteiger partial charge < -0.3 is 4.74 Å². The minimum atomic E-state index is -0.161. The molecule has 2 atom stereocenters. The highest BCUT2D eigenvalue weighted by atomic mass is 19.1. The van der Waals surface area contributed by atoms with Crippen LogP contribution in [0, 0.1) is 18.7 Å². The topological polar surface area (TPSA) is 9.23 Å². The average Bonchev–Trinajstić information content (AvgIpc) is 3.17. The molecule has 3 aliphatic carbocycles. The number of rotatable bonds is 5. The van der Waals surface area contributed by atoms with Crippen LogP contribution in [0.25, 0.3) is 16.7 Å². The molecular formula is C31H31FO. The zero-order chi connectivity index (χ0) is 22.6. The summed E-state index contributed by atoms with van der Waals surface area (Å²) in [6, 6.07) is 18.4. The van der Waals surface area contributed by atoms with Gasteiger partial charge in [0.15, 0.2) is 0 Å². The van der Waals surface area contributed by atoms with E-state index in [0.29, 0.717) is 17.6 Å². The molecule has 0 aliphatic heterocycles. The van der Waals surface area contributed by atoms with Crippen LogP contribution in [0.3, 0.4) is 0 Å². The molecule has 168 valence electrons. The van der Waals surface area contributed by atoms with E-state index in [1.54, 1.807) is 6.07 Å². The molecule has 6 rings (SSSR count). The zero-order valence-electron chi connectivity index (χ0n) is 19.6. The Balaban J connectivity index is 1.29. The van der Waals surface area contributed by atoms with E-state index >= 15 is 0 Å². The molecule has 33 heavy (non-hydrogen) atoms. The molecule has 0 bridgehead atoms. The first kappa shape index (κ1) is 20.7. The maximum atomic E-state index is 14.8. The van der Waals surface area contributed by atoms with Crippen molar-refractivity contribution in [3.05, 3.63) is 94.3 Å². The van der Waals surface area contributed by atoms with Crippen molar-refractivity contribution in [3.63, 3.8) is 0 Å². The Morgan fingerprint density at radius 1 is 0.970 bits per heavy atom. The van der Waals surface area contributed by atoms with Gasteiger partial charge in [0.05, 0.1) is 0 Å². The van der Waals surface area contributed by atoms with E-state index in [4.69, 9.17) is 4.74 Å². The summed E-state index contributed by atoms with van der Waals surface area (Å²) >= 11 is 0. The Kier molecular flexibility index (Phi) is 4.94. The van der Waals surface area contributed by atoms with Crippen molar-refractivity contribution >= 4 is 5.57 Å². The summed E-state index contributed by atoms with van der Waals surface area (Å²) in [5.74, 6) is 1.60. The first-order valence-electron chi connectivity index (χ1n) is 12.4. The minimum Gasteiger partial charge on any atom is -0.489 e. The van der Waals surface area contributed by atoms with E-state index in [0.717, 1.165) is 46.8 Å². The van der Waals surface area contributed by atoms with E-state index in [9.17, 15) is 4.39 Å². The SMILES string of the molecule is Cc1ccc(F)c(-c2ccc(COc3ccc4c(c3)[C@]3(CC4)CC3C)cc2C2=CCCC2)c1. The van der Waals surface area contributed by atoms with E-state index in [2.05, 4.69) is 49.4 Å². The minimum absolute atomic E-state index is 0.161. The number of aryl methyl sites for hydroxylation is 2. The van der Waals surface area contributed by atoms with Crippen LogP contribution in [0.1, 0.15) is 66.8 Å². The largest absolute Gasteiger partial charge is 0.489 e. The van der Waals surface area contributed by atoms with Crippen LogP contribution in [-0.4, -0.2) is 0 Å². The first-order valence-corrected chi connectivity index (χ1v) is 12.4. The van der Waals surface area contributed by atoms with Gasteiger partial charge in [-0.1, -0.05) is 42.8 Å². The zero-order valence-corrected chi connectivity index (χ0v) is 19.6. The monoisotopic (exact) mass is 438 g/mol. The van der Waals surface area contributed by atoms with E-state index < -0.39 is 0 Å². The van der Waals surface area contributed by atoms with Gasteiger partial charge in [0.25, 0.3) is 0 Å². The molecule has 1 unspecified atom stereocenters. The normalized spacial score (nSPS) is 23.0. The second kappa shape index (κ2) is 7.87. The third kappa shape index (κ3) is 3.60. The van der Waals surface area contributed by atoms with E-state index in [1.165, 1.54) is 42.4 Å². The standard InChI is InChI=1S/C31H31FO/c1-20-7-12-30(32)28(15-20)26-11-8-22(16-27(26)23-5-3-4-6-23)19-33-25-10-9-24-13-14-31(18-21(31)2)29(24)17-25/h5,7-12,15-17,21H,3-4,6,13-14,18-19H2,1-2H3/t21?,31-/m1/s1. The van der Waals surface area contributed by atoms with Crippen LogP contribution >= 0.6 is 0 Å². The smallest absolute Gasteiger partial charge is 0.131 e. The highest BCUT2D eigenvalue weighted by Crippen LogP contribution is 2.61. The molecule has 0 saturated heterocycles. The van der Waals surface area contributed by atoms with Gasteiger partial charge in [0.2, 0.25) is 0 Å². The third-order valence-electron chi connectivity index (χ3n) is 8.20. The molecule has 1 fully saturated rings. The molecule has 0 aromatic heterocycles. The molecule has 0 N–H and O–H groups in total. The maximum absolute atomic E-state index is 14.8. The number of hydrogen-bond donors (Lipinski definition) is 0. The third-order valence-corrected chi connectivity index (χ3v) is 8.20. The second-order valence-corrected chi connectivity index (χ2v) is 10.4. The molecule has 3 aromatic carbocycles. The van der Waals surface area contributed by atoms with Crippen LogP contribution in [-0.2, 0) is 18.4 Å². The average molecular weight is 439 g/mol. The lowest BCUT2D eigenvalue weighted by molar-refractivity contribution is 0.305. The Bertz CT molecular complexity index is 1270. The van der Waals surface area contributed by atoms with Crippen LogP contribution in [0.5, 0.6) is 5.75 Å². The highest BCUT2D eigenvalue weighted by Gasteiger charge is 2.55. The lowest BCUT2D eigenvalue weighted by atomic mass is 9.91. The van der Waals surface area contributed by atoms with Gasteiger partial charge in [-0.15, -0.1) is 0 Å². The van der Waals surface area contributed by atoms with Crippen molar-refractivity contribution in [2.24, 2.45) is 5.92 Å². The van der Waals surface area contributed by atoms with Crippen molar-refractivity contribution in [2.45, 2.75) is 64.4 Å². The van der Waals surface area contributed by atoms with Crippen LogP contribution in [0.15, 0.2) is 60.7 Å². The molecule has 3 aliphatic rings. The lowest BCUT2D eigenvalue weighted by Gasteiger charge is -2.16. The molecule has 0 heterocycles. The maximum Gasteiger partial charge on any atom is 0.131 e. The number of hydrogen-bond acceptors (Lipinski definition) is 1. The predicted octanol–water partition coefficient (Wildman–Crippen LogP) is 8.17. The Morgan fingerprint density at radius 2 is 1.85 bits per heavy atom. The van der Waals surface area contributed by atoms with E-state index in [-0.39, 0.29) is 5.82 Å². The van der Waals surface area contributed by atoms with Gasteiger partial charge >= 0.3 is 0 Å². The van der Waals surface area contributed by atoms with Gasteiger partial charge in [-0.3, -0.25) is 0 Å². The first-order chi connectivity index (χ1) is 16.0. The Labute approximate surface area is 196 Å². The van der Waals surface area contributed by atoms with Crippen molar-refractivity contribution in [2.75, 3.05) is 0 Å². The summed E-state index contributed by atoms with van der Waals surface area (Å²) < 4.78 is 21.0. The molecule has 1 saturated carbocycles. The van der Waals surface area contributed by atoms with Gasteiger partial charge in [0, 0.05) is 5.56 Å². The fraction of sp³-hybridized carbons (Fsp3) is 0.355. The van der Waals surface area contributed by atoms with Crippen LogP contribution in [0.4, 0.5) is 4.39 Å². The molecule has 1 nitrogen and oxygen atoms in total. The number of halogens is 1. The van der Waals surface area contributed by atoms with Crippen molar-refractivity contribution in [1.82, 2.24) is 0 Å². The quantitative estimate of drug-likeness (QED) is 0.390. The summed E-state index contributed by atoms with van der Waals surface area (Å²) in [4.78, 5) is 0. The molecular weight excluding hydrogens is 407 g/mol. The van der Waals surface area contributed by atoms with Gasteiger partial charge in [-0.05, 0) is 121 Å². The summed E-state index contributed by atoms with van der Waals surface area (Å²) in [5, 5.41) is 0. The Hall–Kier alpha value is -2.87. The second-order valence-electron chi connectivity index (χ2n) is 10.4. The van der Waals surface area contributed by atoms with Crippen molar-refractivity contribution in [1.29, 1.82) is 0 Å². The number of allylic oxidation sites excluding steroid dienone is 2. The summed E-state index contributed by atoms with van der Waals surface area (Å²) in [7, 11) is 0. The number of ether oxygens (including phenoxy) is 1. The van der Waals surface area contributed by atoms with Crippen LogP contribution in [0.2, 0.25) is 0 Å². The molecule has 2 heteroatoms. The predicted molar refractivity (Wildman–Crippen MR) is 133 cm³/mol. The van der Waals surface area contributed by atoms with Gasteiger partial charge in [-0.2, -0.15) is 0 Å². The number of fused-ring (bicyclic) bond motifs is 2. The number of benzene rings is 3. The molecule has 0 amide bonds. The lowest BCUT2D eigenvalue weighted by Crippen LogP contribution is -2.04. The molecule has 0 radical (unpaired) electrons. The highest BCUT2D eigenvalue weighted by molar-refractivity contribution is 5.83. The van der Waals surface area contributed by atoms with Crippen molar-refractivity contribution < 1.29 is 9.13 Å². The molecule has 3 aromatic rings. The van der Waals surface area contributed by atoms with Gasteiger partial charge in [-0.25, -0.2) is 4.39 Å². The summed E-state index contributed by atoms with van der Waals surface area (Å²) in [6.45, 7) is 4.92. The Morgan fingerprint density at radius 3 is 2.64 bits per heavy atom. The summed E-state index contributed by atoms with van der Waals surface area (Å²) in [6.07, 6.45) is 9.45. The van der Waals surface area contributed by atoms with Crippen molar-refractivity contribution in [3.8, 4) is 16.9 Å².